The van der Waals surface area contributed by atoms with Gasteiger partial charge in [0, 0.05) is 38.4 Å². The Morgan fingerprint density at radius 1 is 0.731 bits per heavy atom. The van der Waals surface area contributed by atoms with Gasteiger partial charge >= 0.3 is 0 Å². The lowest BCUT2D eigenvalue weighted by Crippen LogP contribution is -2.12. The minimum atomic E-state index is 0.325. The Morgan fingerprint density at radius 3 is 2.08 bits per heavy atom. The van der Waals surface area contributed by atoms with E-state index >= 15 is 0 Å². The molecule has 6 rings (SSSR count). The molecule has 2 aromatic heterocycles. The summed E-state index contributed by atoms with van der Waals surface area (Å²) in [6, 6.07) is 26.4. The summed E-state index contributed by atoms with van der Waals surface area (Å²) in [6.07, 6.45) is 5.61. The van der Waals surface area contributed by atoms with E-state index in [-0.39, 0.29) is 0 Å². The zero-order chi connectivity index (χ0) is 17.1. The Kier molecular flexibility index (Phi) is 2.75. The summed E-state index contributed by atoms with van der Waals surface area (Å²) in [5.41, 5.74) is 6.53. The van der Waals surface area contributed by atoms with Crippen molar-refractivity contribution in [3.63, 3.8) is 0 Å². The number of rotatable bonds is 1. The van der Waals surface area contributed by atoms with Gasteiger partial charge in [0.15, 0.2) is 0 Å². The highest BCUT2D eigenvalue weighted by Crippen LogP contribution is 2.37. The van der Waals surface area contributed by atoms with Crippen molar-refractivity contribution in [3.05, 3.63) is 90.1 Å². The van der Waals surface area contributed by atoms with E-state index in [2.05, 4.69) is 94.5 Å². The second kappa shape index (κ2) is 5.12. The fourth-order valence-electron chi connectivity index (χ4n) is 4.55. The first-order chi connectivity index (χ1) is 12.9. The molecule has 1 aliphatic carbocycles. The van der Waals surface area contributed by atoms with Gasteiger partial charge in [-0.25, -0.2) is 0 Å². The van der Waals surface area contributed by atoms with Crippen LogP contribution in [0.5, 0.6) is 0 Å². The van der Waals surface area contributed by atoms with Gasteiger partial charge in [0.1, 0.15) is 0 Å². The monoisotopic (exact) mass is 334 g/mol. The number of nitrogens with zero attached hydrogens (tertiary/aromatic N) is 1. The van der Waals surface area contributed by atoms with Crippen LogP contribution in [0, 0.1) is 0 Å². The summed E-state index contributed by atoms with van der Waals surface area (Å²) >= 11 is 0. The molecule has 2 heterocycles. The number of hydrogen-bond donors (Lipinski definition) is 1. The van der Waals surface area contributed by atoms with E-state index in [9.17, 15) is 0 Å². The average molecular weight is 334 g/mol. The van der Waals surface area contributed by atoms with Gasteiger partial charge in [-0.2, -0.15) is 0 Å². The fraction of sp³-hybridized carbons (Fsp3) is 0.0833. The maximum absolute atomic E-state index is 3.56. The lowest BCUT2D eigenvalue weighted by atomic mass is 9.96. The van der Waals surface area contributed by atoms with Crippen molar-refractivity contribution in [2.24, 2.45) is 0 Å². The minimum absolute atomic E-state index is 0.325. The van der Waals surface area contributed by atoms with Crippen molar-refractivity contribution in [3.8, 4) is 0 Å². The zero-order valence-electron chi connectivity index (χ0n) is 14.3. The molecule has 0 saturated carbocycles. The smallest absolute Gasteiger partial charge is 0.0567 e. The van der Waals surface area contributed by atoms with E-state index in [1.807, 2.05) is 0 Å². The molecule has 3 aromatic carbocycles. The number of nitrogens with one attached hydrogen (secondary N) is 1. The van der Waals surface area contributed by atoms with Crippen LogP contribution in [0.1, 0.15) is 17.3 Å². The highest BCUT2D eigenvalue weighted by molar-refractivity contribution is 6.08. The molecule has 0 amide bonds. The molecule has 0 saturated heterocycles. The Hall–Kier alpha value is -3.26. The third kappa shape index (κ3) is 1.81. The zero-order valence-corrected chi connectivity index (χ0v) is 14.3. The van der Waals surface area contributed by atoms with E-state index in [1.165, 1.54) is 44.0 Å². The summed E-state index contributed by atoms with van der Waals surface area (Å²) in [7, 11) is 0. The van der Waals surface area contributed by atoms with Gasteiger partial charge in [-0.3, -0.25) is 0 Å². The SMILES string of the molecule is C1=CC(n2c3ccccc3c3ccccc32)Cc2c1[nH]c1ccccc21. The van der Waals surface area contributed by atoms with Gasteiger partial charge in [-0.05, 0) is 36.3 Å². The third-order valence-corrected chi connectivity index (χ3v) is 5.69. The van der Waals surface area contributed by atoms with Crippen LogP contribution in [0.25, 0.3) is 38.8 Å². The number of H-pyrrole nitrogens is 1. The number of aromatic nitrogens is 2. The van der Waals surface area contributed by atoms with Crippen LogP contribution in [0.3, 0.4) is 0 Å². The molecule has 124 valence electrons. The van der Waals surface area contributed by atoms with Crippen molar-refractivity contribution in [2.75, 3.05) is 0 Å². The number of fused-ring (bicyclic) bond motifs is 6. The highest BCUT2D eigenvalue weighted by atomic mass is 15.0. The standard InChI is InChI=1S/C24H18N2/c1-4-10-21-17(7-1)20-15-16(13-14-22(20)25-21)26-23-11-5-2-8-18(23)19-9-3-6-12-24(19)26/h1-14,16,25H,15H2. The highest BCUT2D eigenvalue weighted by Gasteiger charge is 2.22. The Balaban J connectivity index is 1.60. The molecule has 0 fully saturated rings. The Labute approximate surface area is 151 Å². The van der Waals surface area contributed by atoms with E-state index in [0.717, 1.165) is 6.42 Å². The predicted molar refractivity (Wildman–Crippen MR) is 110 cm³/mol. The number of para-hydroxylation sites is 3. The number of hydrogen-bond acceptors (Lipinski definition) is 0. The van der Waals surface area contributed by atoms with Crippen LogP contribution in [-0.2, 0) is 6.42 Å². The second-order valence-corrected chi connectivity index (χ2v) is 7.10. The molecule has 1 aliphatic rings. The summed E-state index contributed by atoms with van der Waals surface area (Å²) < 4.78 is 2.51. The first-order valence-electron chi connectivity index (χ1n) is 9.15. The van der Waals surface area contributed by atoms with Gasteiger partial charge in [0.2, 0.25) is 0 Å². The minimum Gasteiger partial charge on any atom is -0.355 e. The summed E-state index contributed by atoms with van der Waals surface area (Å²) in [5, 5.41) is 4.01. The van der Waals surface area contributed by atoms with Gasteiger partial charge < -0.3 is 9.55 Å². The lowest BCUT2D eigenvalue weighted by molar-refractivity contribution is 0.637. The number of aromatic amines is 1. The van der Waals surface area contributed by atoms with Gasteiger partial charge in [-0.15, -0.1) is 0 Å². The van der Waals surface area contributed by atoms with E-state index in [4.69, 9.17) is 0 Å². The van der Waals surface area contributed by atoms with Gasteiger partial charge in [0.25, 0.3) is 0 Å². The molecule has 5 aromatic rings. The number of benzene rings is 3. The van der Waals surface area contributed by atoms with Crippen molar-refractivity contribution < 1.29 is 0 Å². The molecular weight excluding hydrogens is 316 g/mol. The van der Waals surface area contributed by atoms with Crippen LogP contribution in [0.2, 0.25) is 0 Å². The van der Waals surface area contributed by atoms with Crippen molar-refractivity contribution in [2.45, 2.75) is 12.5 Å². The van der Waals surface area contributed by atoms with Gasteiger partial charge in [0.05, 0.1) is 6.04 Å². The van der Waals surface area contributed by atoms with Gasteiger partial charge in [-0.1, -0.05) is 60.7 Å². The van der Waals surface area contributed by atoms with E-state index < -0.39 is 0 Å². The van der Waals surface area contributed by atoms with E-state index in [0.29, 0.717) is 6.04 Å². The molecule has 0 bridgehead atoms. The van der Waals surface area contributed by atoms with Crippen LogP contribution >= 0.6 is 0 Å². The summed E-state index contributed by atoms with van der Waals surface area (Å²) in [6.45, 7) is 0. The third-order valence-electron chi connectivity index (χ3n) is 5.69. The number of allylic oxidation sites excluding steroid dienone is 1. The van der Waals surface area contributed by atoms with Crippen molar-refractivity contribution in [1.29, 1.82) is 0 Å². The molecular formula is C24H18N2. The van der Waals surface area contributed by atoms with Crippen LogP contribution in [-0.4, -0.2) is 9.55 Å². The molecule has 1 atom stereocenters. The van der Waals surface area contributed by atoms with Crippen LogP contribution in [0.15, 0.2) is 78.9 Å². The summed E-state index contributed by atoms with van der Waals surface area (Å²) in [5.74, 6) is 0. The maximum atomic E-state index is 3.56. The van der Waals surface area contributed by atoms with Crippen molar-refractivity contribution >= 4 is 38.8 Å². The summed E-state index contributed by atoms with van der Waals surface area (Å²) in [4.78, 5) is 3.56. The molecule has 26 heavy (non-hydrogen) atoms. The predicted octanol–water partition coefficient (Wildman–Crippen LogP) is 6.09. The van der Waals surface area contributed by atoms with Crippen LogP contribution < -0.4 is 0 Å². The molecule has 1 N–H and O–H groups in total. The molecule has 1 unspecified atom stereocenters. The second-order valence-electron chi connectivity index (χ2n) is 7.10. The molecule has 0 aliphatic heterocycles. The van der Waals surface area contributed by atoms with Crippen molar-refractivity contribution in [1.82, 2.24) is 9.55 Å². The largest absolute Gasteiger partial charge is 0.355 e. The first-order valence-corrected chi connectivity index (χ1v) is 9.15. The van der Waals surface area contributed by atoms with Crippen LogP contribution in [0.4, 0.5) is 0 Å². The Morgan fingerprint density at radius 2 is 1.35 bits per heavy atom. The topological polar surface area (TPSA) is 20.7 Å². The molecule has 0 spiro atoms. The molecule has 0 radical (unpaired) electrons. The molecule has 2 nitrogen and oxygen atoms in total. The molecule has 2 heteroatoms. The average Bonchev–Trinajstić information content (AvgIpc) is 3.23. The fourth-order valence-corrected chi connectivity index (χ4v) is 4.55. The maximum Gasteiger partial charge on any atom is 0.0567 e. The lowest BCUT2D eigenvalue weighted by Gasteiger charge is -2.21. The Bertz CT molecular complexity index is 1260. The quantitative estimate of drug-likeness (QED) is 0.383. The van der Waals surface area contributed by atoms with E-state index in [1.54, 1.807) is 0 Å². The first kappa shape index (κ1) is 14.0. The normalized spacial score (nSPS) is 16.5.